The van der Waals surface area contributed by atoms with E-state index in [0.29, 0.717) is 24.7 Å². The van der Waals surface area contributed by atoms with Gasteiger partial charge in [0, 0.05) is 25.6 Å². The Morgan fingerprint density at radius 3 is 2.60 bits per heavy atom. The molecule has 2 atom stereocenters. The molecule has 1 aliphatic heterocycles. The van der Waals surface area contributed by atoms with Gasteiger partial charge in [-0.05, 0) is 82.1 Å². The summed E-state index contributed by atoms with van der Waals surface area (Å²) in [6.45, 7) is 8.59. The maximum absolute atomic E-state index is 13.6. The monoisotopic (exact) mass is 593 g/mol. The minimum atomic E-state index is -0.706. The summed E-state index contributed by atoms with van der Waals surface area (Å²) in [5.41, 5.74) is 2.48. The fourth-order valence-corrected chi connectivity index (χ4v) is 6.22. The number of fused-ring (bicyclic) bond motifs is 1. The van der Waals surface area contributed by atoms with E-state index in [-0.39, 0.29) is 17.9 Å². The molecule has 11 heteroatoms. The lowest BCUT2D eigenvalue weighted by molar-refractivity contribution is -0.146. The van der Waals surface area contributed by atoms with Crippen LogP contribution in [0.15, 0.2) is 30.5 Å². The highest BCUT2D eigenvalue weighted by atomic mass is 32.1. The molecule has 0 unspecified atom stereocenters. The van der Waals surface area contributed by atoms with Gasteiger partial charge in [-0.3, -0.25) is 14.9 Å². The van der Waals surface area contributed by atoms with Crippen LogP contribution in [0.1, 0.15) is 81.5 Å². The number of carbonyl (C=O) groups is 3. The number of benzene rings is 1. The standard InChI is InChI=1S/C31H39N5O5S/c1-18-6-10-24(20-9-11-25-23(14-20)34-26(42-25)12-13-40-5)36(17-18)29(38)28(37)33-21-15-22(19-7-8-19)27(32-16-21)35-30(39)41-31(2,3)4/h9,11,14-16,18-19,24H,6-8,10,12-13,17H2,1-5H3,(H,33,37)(H,32,35,39)/t18-,24+/m1/s1. The predicted molar refractivity (Wildman–Crippen MR) is 163 cm³/mol. The molecule has 10 nitrogen and oxygen atoms in total. The Labute approximate surface area is 250 Å². The Kier molecular flexibility index (Phi) is 8.79. The Bertz CT molecular complexity index is 1480. The number of likely N-dealkylation sites (tertiary alicyclic amines) is 1. The van der Waals surface area contributed by atoms with Gasteiger partial charge in [-0.25, -0.2) is 14.8 Å². The first kappa shape index (κ1) is 29.9. The lowest BCUT2D eigenvalue weighted by atomic mass is 9.89. The molecule has 42 heavy (non-hydrogen) atoms. The number of rotatable bonds is 7. The van der Waals surface area contributed by atoms with Gasteiger partial charge < -0.3 is 19.7 Å². The number of methoxy groups -OCH3 is 1. The third-order valence-electron chi connectivity index (χ3n) is 7.44. The quantitative estimate of drug-likeness (QED) is 0.320. The molecule has 2 aliphatic rings. The Morgan fingerprint density at radius 2 is 1.88 bits per heavy atom. The van der Waals surface area contributed by atoms with Crippen molar-refractivity contribution in [1.29, 1.82) is 0 Å². The molecule has 0 bridgehead atoms. The van der Waals surface area contributed by atoms with Crippen LogP contribution in [0, 0.1) is 5.92 Å². The third-order valence-corrected chi connectivity index (χ3v) is 8.54. The van der Waals surface area contributed by atoms with E-state index in [0.717, 1.165) is 58.5 Å². The van der Waals surface area contributed by atoms with Crippen LogP contribution in [0.3, 0.4) is 0 Å². The zero-order valence-corrected chi connectivity index (χ0v) is 25.7. The molecule has 1 aliphatic carbocycles. The molecule has 224 valence electrons. The van der Waals surface area contributed by atoms with Gasteiger partial charge >= 0.3 is 17.9 Å². The van der Waals surface area contributed by atoms with Gasteiger partial charge in [0.15, 0.2) is 0 Å². The fourth-order valence-electron chi connectivity index (χ4n) is 5.29. The Morgan fingerprint density at radius 1 is 1.10 bits per heavy atom. The van der Waals surface area contributed by atoms with E-state index in [1.165, 1.54) is 6.20 Å². The van der Waals surface area contributed by atoms with E-state index >= 15 is 0 Å². The number of piperidine rings is 1. The second kappa shape index (κ2) is 12.3. The summed E-state index contributed by atoms with van der Waals surface area (Å²) in [6.07, 6.45) is 5.28. The average Bonchev–Trinajstić information content (AvgIpc) is 3.70. The van der Waals surface area contributed by atoms with Gasteiger partial charge in [0.1, 0.15) is 11.4 Å². The normalized spacial score (nSPS) is 19.0. The molecule has 0 radical (unpaired) electrons. The molecule has 2 fully saturated rings. The topological polar surface area (TPSA) is 123 Å². The molecular weight excluding hydrogens is 554 g/mol. The van der Waals surface area contributed by atoms with Gasteiger partial charge in [0.25, 0.3) is 0 Å². The summed E-state index contributed by atoms with van der Waals surface area (Å²) < 4.78 is 11.7. The fraction of sp³-hybridized carbons (Fsp3) is 0.516. The number of pyridine rings is 1. The van der Waals surface area contributed by atoms with Crippen molar-refractivity contribution >= 4 is 51.0 Å². The van der Waals surface area contributed by atoms with E-state index in [9.17, 15) is 14.4 Å². The number of nitrogens with zero attached hydrogens (tertiary/aromatic N) is 3. The molecule has 1 aromatic carbocycles. The number of anilines is 2. The predicted octanol–water partition coefficient (Wildman–Crippen LogP) is 6.04. The average molecular weight is 594 g/mol. The highest BCUT2D eigenvalue weighted by Gasteiger charge is 2.35. The van der Waals surface area contributed by atoms with Crippen LogP contribution in [0.5, 0.6) is 0 Å². The Balaban J connectivity index is 1.31. The van der Waals surface area contributed by atoms with Gasteiger partial charge in [-0.15, -0.1) is 11.3 Å². The van der Waals surface area contributed by atoms with Crippen LogP contribution in [-0.2, 0) is 25.5 Å². The molecule has 1 saturated heterocycles. The third kappa shape index (κ3) is 7.25. The number of carbonyl (C=O) groups excluding carboxylic acids is 3. The number of amides is 3. The Hall–Kier alpha value is -3.57. The highest BCUT2D eigenvalue weighted by molar-refractivity contribution is 7.18. The largest absolute Gasteiger partial charge is 0.444 e. The van der Waals surface area contributed by atoms with E-state index < -0.39 is 23.5 Å². The maximum atomic E-state index is 13.6. The van der Waals surface area contributed by atoms with Crippen LogP contribution in [0.4, 0.5) is 16.3 Å². The molecule has 1 saturated carbocycles. The van der Waals surface area contributed by atoms with Crippen molar-refractivity contribution < 1.29 is 23.9 Å². The van der Waals surface area contributed by atoms with Crippen molar-refractivity contribution in [3.8, 4) is 0 Å². The first-order valence-electron chi connectivity index (χ1n) is 14.5. The van der Waals surface area contributed by atoms with Crippen molar-refractivity contribution in [3.63, 3.8) is 0 Å². The number of nitrogens with one attached hydrogen (secondary N) is 2. The summed E-state index contributed by atoms with van der Waals surface area (Å²) in [5.74, 6) is -0.360. The molecule has 3 aromatic rings. The molecule has 2 N–H and O–H groups in total. The second-order valence-electron chi connectivity index (χ2n) is 12.3. The van der Waals surface area contributed by atoms with Crippen LogP contribution < -0.4 is 10.6 Å². The smallest absolute Gasteiger partial charge is 0.413 e. The minimum Gasteiger partial charge on any atom is -0.444 e. The van der Waals surface area contributed by atoms with Crippen molar-refractivity contribution in [3.05, 3.63) is 46.6 Å². The molecule has 3 heterocycles. The van der Waals surface area contributed by atoms with Gasteiger partial charge in [-0.2, -0.15) is 0 Å². The summed E-state index contributed by atoms with van der Waals surface area (Å²) >= 11 is 1.65. The molecule has 2 aromatic heterocycles. The van der Waals surface area contributed by atoms with Crippen molar-refractivity contribution in [1.82, 2.24) is 14.9 Å². The summed E-state index contributed by atoms with van der Waals surface area (Å²) in [5, 5.41) is 6.50. The SMILES string of the molecule is COCCc1nc2cc([C@@H]3CC[C@@H](C)CN3C(=O)C(=O)Nc3cnc(NC(=O)OC(C)(C)C)c(C4CC4)c3)ccc2s1. The van der Waals surface area contributed by atoms with Crippen LogP contribution in [-0.4, -0.2) is 58.6 Å². The molecule has 5 rings (SSSR count). The van der Waals surface area contributed by atoms with Crippen molar-refractivity contribution in [2.75, 3.05) is 30.9 Å². The second-order valence-corrected chi connectivity index (χ2v) is 13.4. The highest BCUT2D eigenvalue weighted by Crippen LogP contribution is 2.44. The first-order chi connectivity index (χ1) is 20.0. The lowest BCUT2D eigenvalue weighted by Crippen LogP contribution is -2.46. The number of ether oxygens (including phenoxy) is 2. The van der Waals surface area contributed by atoms with E-state index in [4.69, 9.17) is 14.5 Å². The van der Waals surface area contributed by atoms with Crippen LogP contribution in [0.2, 0.25) is 0 Å². The summed E-state index contributed by atoms with van der Waals surface area (Å²) in [7, 11) is 1.68. The summed E-state index contributed by atoms with van der Waals surface area (Å²) in [4.78, 5) is 50.1. The summed E-state index contributed by atoms with van der Waals surface area (Å²) in [6, 6.07) is 7.71. The maximum Gasteiger partial charge on any atom is 0.413 e. The van der Waals surface area contributed by atoms with Gasteiger partial charge in [0.05, 0.1) is 39.8 Å². The molecule has 3 amide bonds. The van der Waals surface area contributed by atoms with Gasteiger partial charge in [0.2, 0.25) is 0 Å². The molecule has 0 spiro atoms. The van der Waals surface area contributed by atoms with Gasteiger partial charge in [-0.1, -0.05) is 13.0 Å². The van der Waals surface area contributed by atoms with E-state index in [1.807, 2.05) is 12.1 Å². The number of aromatic nitrogens is 2. The number of thiazole rings is 1. The zero-order valence-electron chi connectivity index (χ0n) is 24.9. The van der Waals surface area contributed by atoms with Crippen LogP contribution in [0.25, 0.3) is 10.2 Å². The van der Waals surface area contributed by atoms with Crippen LogP contribution >= 0.6 is 11.3 Å². The number of hydrogen-bond donors (Lipinski definition) is 2. The van der Waals surface area contributed by atoms with E-state index in [2.05, 4.69) is 28.6 Å². The van der Waals surface area contributed by atoms with E-state index in [1.54, 1.807) is 50.2 Å². The van der Waals surface area contributed by atoms with Crippen molar-refractivity contribution in [2.24, 2.45) is 5.92 Å². The van der Waals surface area contributed by atoms with Crippen molar-refractivity contribution in [2.45, 2.75) is 77.4 Å². The lowest BCUT2D eigenvalue weighted by Gasteiger charge is -2.38. The first-order valence-corrected chi connectivity index (χ1v) is 15.3. The zero-order chi connectivity index (χ0) is 30.0. The number of hydrogen-bond acceptors (Lipinski definition) is 8. The molecular formula is C31H39N5O5S. The minimum absolute atomic E-state index is 0.214.